The van der Waals surface area contributed by atoms with Gasteiger partial charge in [-0.1, -0.05) is 18.2 Å². The number of rotatable bonds is 6. The first-order valence-electron chi connectivity index (χ1n) is 7.98. The van der Waals surface area contributed by atoms with Gasteiger partial charge in [0.1, 0.15) is 17.4 Å². The molecule has 0 fully saturated rings. The average Bonchev–Trinajstić information content (AvgIpc) is 2.63. The van der Waals surface area contributed by atoms with Crippen LogP contribution in [0, 0.1) is 18.6 Å². The van der Waals surface area contributed by atoms with Gasteiger partial charge in [-0.05, 0) is 42.3 Å². The first-order valence-corrected chi connectivity index (χ1v) is 9.46. The molecule has 27 heavy (non-hydrogen) atoms. The Morgan fingerprint density at radius 2 is 1.89 bits per heavy atom. The van der Waals surface area contributed by atoms with E-state index in [0.717, 1.165) is 6.07 Å². The number of sulfonamides is 1. The van der Waals surface area contributed by atoms with Crippen molar-refractivity contribution in [1.82, 2.24) is 9.71 Å². The summed E-state index contributed by atoms with van der Waals surface area (Å²) in [6.07, 6.45) is 1.44. The van der Waals surface area contributed by atoms with Crippen LogP contribution in [0.15, 0.2) is 65.7 Å². The number of benzene rings is 2. The Morgan fingerprint density at radius 3 is 2.56 bits per heavy atom. The van der Waals surface area contributed by atoms with Crippen molar-refractivity contribution in [2.75, 3.05) is 0 Å². The van der Waals surface area contributed by atoms with Gasteiger partial charge in [-0.15, -0.1) is 0 Å². The van der Waals surface area contributed by atoms with Crippen LogP contribution in [0.5, 0.6) is 11.6 Å². The molecule has 0 bridgehead atoms. The molecule has 2 aromatic carbocycles. The standard InChI is InChI=1S/C19H16F2N2O3S/c1-13-5-7-17(10-18(13)21)27(24,25)23-12-14-6-8-19(22-11-14)26-16-4-2-3-15(20)9-16/h2-11,23H,12H2,1H3. The van der Waals surface area contributed by atoms with Gasteiger partial charge in [-0.3, -0.25) is 0 Å². The van der Waals surface area contributed by atoms with Gasteiger partial charge < -0.3 is 4.74 Å². The van der Waals surface area contributed by atoms with Crippen LogP contribution in [0.3, 0.4) is 0 Å². The Morgan fingerprint density at radius 1 is 1.07 bits per heavy atom. The van der Waals surface area contributed by atoms with Crippen molar-refractivity contribution >= 4 is 10.0 Å². The Labute approximate surface area is 155 Å². The van der Waals surface area contributed by atoms with E-state index >= 15 is 0 Å². The average molecular weight is 390 g/mol. The van der Waals surface area contributed by atoms with Gasteiger partial charge in [0.05, 0.1) is 4.90 Å². The van der Waals surface area contributed by atoms with Crippen LogP contribution >= 0.6 is 0 Å². The topological polar surface area (TPSA) is 68.3 Å². The van der Waals surface area contributed by atoms with Crippen LogP contribution < -0.4 is 9.46 Å². The largest absolute Gasteiger partial charge is 0.439 e. The fourth-order valence-electron chi connectivity index (χ4n) is 2.23. The lowest BCUT2D eigenvalue weighted by Gasteiger charge is -2.09. The number of nitrogens with zero attached hydrogens (tertiary/aromatic N) is 1. The molecular formula is C19H16F2N2O3S. The molecule has 1 heterocycles. The van der Waals surface area contributed by atoms with E-state index in [1.165, 1.54) is 36.5 Å². The maximum atomic E-state index is 13.6. The molecule has 5 nitrogen and oxygen atoms in total. The highest BCUT2D eigenvalue weighted by atomic mass is 32.2. The van der Waals surface area contributed by atoms with Gasteiger partial charge in [0, 0.05) is 24.9 Å². The van der Waals surface area contributed by atoms with Gasteiger partial charge in [0.2, 0.25) is 15.9 Å². The van der Waals surface area contributed by atoms with Crippen molar-refractivity contribution < 1.29 is 21.9 Å². The maximum absolute atomic E-state index is 13.6. The molecule has 1 N–H and O–H groups in total. The second kappa shape index (κ2) is 7.81. The van der Waals surface area contributed by atoms with E-state index in [-0.39, 0.29) is 17.3 Å². The fourth-order valence-corrected chi connectivity index (χ4v) is 3.26. The Bertz CT molecular complexity index is 1050. The Kier molecular flexibility index (Phi) is 5.48. The number of aromatic nitrogens is 1. The number of aryl methyl sites for hydroxylation is 1. The van der Waals surface area contributed by atoms with Crippen LogP contribution in [0.4, 0.5) is 8.78 Å². The van der Waals surface area contributed by atoms with E-state index in [4.69, 9.17) is 4.74 Å². The smallest absolute Gasteiger partial charge is 0.240 e. The summed E-state index contributed by atoms with van der Waals surface area (Å²) in [4.78, 5) is 3.91. The lowest BCUT2D eigenvalue weighted by Crippen LogP contribution is -2.23. The predicted molar refractivity (Wildman–Crippen MR) is 95.9 cm³/mol. The minimum Gasteiger partial charge on any atom is -0.439 e. The summed E-state index contributed by atoms with van der Waals surface area (Å²) in [6, 6.07) is 12.5. The zero-order chi connectivity index (χ0) is 19.4. The molecule has 140 valence electrons. The Balaban J connectivity index is 1.65. The molecule has 0 atom stereocenters. The zero-order valence-corrected chi connectivity index (χ0v) is 15.1. The van der Waals surface area contributed by atoms with Crippen LogP contribution in [0.2, 0.25) is 0 Å². The van der Waals surface area contributed by atoms with Gasteiger partial charge in [0.25, 0.3) is 0 Å². The van der Waals surface area contributed by atoms with Crippen molar-refractivity contribution in [1.29, 1.82) is 0 Å². The summed E-state index contributed by atoms with van der Waals surface area (Å²) in [6.45, 7) is 1.53. The lowest BCUT2D eigenvalue weighted by molar-refractivity contribution is 0.457. The van der Waals surface area contributed by atoms with E-state index in [0.29, 0.717) is 16.9 Å². The summed E-state index contributed by atoms with van der Waals surface area (Å²) < 4.78 is 59.0. The van der Waals surface area contributed by atoms with Gasteiger partial charge in [0.15, 0.2) is 0 Å². The summed E-state index contributed by atoms with van der Waals surface area (Å²) in [5.74, 6) is -0.463. The highest BCUT2D eigenvalue weighted by Crippen LogP contribution is 2.20. The van der Waals surface area contributed by atoms with Crippen LogP contribution in [0.25, 0.3) is 0 Å². The van der Waals surface area contributed by atoms with Crippen molar-refractivity contribution in [2.45, 2.75) is 18.4 Å². The van der Waals surface area contributed by atoms with E-state index in [2.05, 4.69) is 9.71 Å². The van der Waals surface area contributed by atoms with Crippen LogP contribution in [-0.2, 0) is 16.6 Å². The van der Waals surface area contributed by atoms with E-state index < -0.39 is 21.7 Å². The van der Waals surface area contributed by atoms with Crippen molar-refractivity contribution in [3.05, 3.63) is 83.6 Å². The fraction of sp³-hybridized carbons (Fsp3) is 0.105. The normalized spacial score (nSPS) is 11.4. The first kappa shape index (κ1) is 18.9. The van der Waals surface area contributed by atoms with Crippen molar-refractivity contribution in [3.63, 3.8) is 0 Å². The summed E-state index contributed by atoms with van der Waals surface area (Å²) in [5.41, 5.74) is 0.949. The molecule has 8 heteroatoms. The number of nitrogens with one attached hydrogen (secondary N) is 1. The highest BCUT2D eigenvalue weighted by molar-refractivity contribution is 7.89. The Hall–Kier alpha value is -2.84. The predicted octanol–water partition coefficient (Wildman–Crippen LogP) is 3.94. The second-order valence-corrected chi connectivity index (χ2v) is 7.57. The second-order valence-electron chi connectivity index (χ2n) is 5.80. The van der Waals surface area contributed by atoms with E-state index in [1.54, 1.807) is 25.1 Å². The van der Waals surface area contributed by atoms with Gasteiger partial charge in [-0.2, -0.15) is 0 Å². The zero-order valence-electron chi connectivity index (χ0n) is 14.3. The summed E-state index contributed by atoms with van der Waals surface area (Å²) in [7, 11) is -3.85. The molecule has 0 aliphatic rings. The summed E-state index contributed by atoms with van der Waals surface area (Å²) >= 11 is 0. The van der Waals surface area contributed by atoms with Crippen molar-refractivity contribution in [2.24, 2.45) is 0 Å². The molecule has 0 saturated heterocycles. The van der Waals surface area contributed by atoms with Crippen molar-refractivity contribution in [3.8, 4) is 11.6 Å². The third-order valence-electron chi connectivity index (χ3n) is 3.74. The third kappa shape index (κ3) is 4.87. The lowest BCUT2D eigenvalue weighted by atomic mass is 10.2. The molecular weight excluding hydrogens is 374 g/mol. The van der Waals surface area contributed by atoms with Gasteiger partial charge in [-0.25, -0.2) is 26.9 Å². The summed E-state index contributed by atoms with van der Waals surface area (Å²) in [5, 5.41) is 0. The highest BCUT2D eigenvalue weighted by Gasteiger charge is 2.15. The van der Waals surface area contributed by atoms with Crippen LogP contribution in [-0.4, -0.2) is 13.4 Å². The SMILES string of the molecule is Cc1ccc(S(=O)(=O)NCc2ccc(Oc3cccc(F)c3)nc2)cc1F. The number of hydrogen-bond acceptors (Lipinski definition) is 4. The molecule has 1 aromatic heterocycles. The molecule has 0 aliphatic heterocycles. The quantitative estimate of drug-likeness (QED) is 0.692. The first-order chi connectivity index (χ1) is 12.8. The monoisotopic (exact) mass is 390 g/mol. The number of halogens is 2. The number of pyridine rings is 1. The van der Waals surface area contributed by atoms with Crippen LogP contribution in [0.1, 0.15) is 11.1 Å². The molecule has 3 aromatic rings. The minimum absolute atomic E-state index is 0.0227. The van der Waals surface area contributed by atoms with Gasteiger partial charge >= 0.3 is 0 Å². The van der Waals surface area contributed by atoms with E-state index in [9.17, 15) is 17.2 Å². The van der Waals surface area contributed by atoms with E-state index in [1.807, 2.05) is 0 Å². The minimum atomic E-state index is -3.85. The molecule has 3 rings (SSSR count). The molecule has 0 spiro atoms. The molecule has 0 amide bonds. The molecule has 0 unspecified atom stereocenters. The molecule has 0 aliphatic carbocycles. The third-order valence-corrected chi connectivity index (χ3v) is 5.13. The molecule has 0 radical (unpaired) electrons. The number of ether oxygens (including phenoxy) is 1. The number of hydrogen-bond donors (Lipinski definition) is 1. The molecule has 0 saturated carbocycles. The maximum Gasteiger partial charge on any atom is 0.240 e.